The molecule has 0 aromatic heterocycles. The molecular formula is C31H35ClN2O6Si. The van der Waals surface area contributed by atoms with Crippen LogP contribution >= 0.6 is 11.6 Å². The maximum atomic E-state index is 14.3. The summed E-state index contributed by atoms with van der Waals surface area (Å²) in [6, 6.07) is 19.6. The molecule has 0 aliphatic carbocycles. The zero-order chi connectivity index (χ0) is 29.5. The fraction of sp³-hybridized carbons (Fsp3) is 0.355. The van der Waals surface area contributed by atoms with Crippen molar-refractivity contribution in [3.05, 3.63) is 88.4 Å². The number of benzene rings is 3. The minimum atomic E-state index is -2.77. The molecule has 3 aromatic carbocycles. The first-order valence-electron chi connectivity index (χ1n) is 13.7. The summed E-state index contributed by atoms with van der Waals surface area (Å²) in [4.78, 5) is 39.9. The predicted octanol–water partition coefficient (Wildman–Crippen LogP) is 5.33. The van der Waals surface area contributed by atoms with Gasteiger partial charge in [-0.3, -0.25) is 9.59 Å². The second-order valence-corrected chi connectivity index (χ2v) is 15.7. The number of anilines is 2. The number of amides is 2. The van der Waals surface area contributed by atoms with Crippen LogP contribution in [-0.4, -0.2) is 49.9 Å². The van der Waals surface area contributed by atoms with Crippen molar-refractivity contribution in [2.24, 2.45) is 5.92 Å². The molecule has 0 radical (unpaired) electrons. The van der Waals surface area contributed by atoms with Crippen LogP contribution in [0.4, 0.5) is 11.4 Å². The number of hydrogen-bond donors (Lipinski definition) is 3. The second-order valence-electron chi connectivity index (χ2n) is 11.3. The molecule has 2 aliphatic heterocycles. The Morgan fingerprint density at radius 2 is 1.80 bits per heavy atom. The number of carbonyl (C=O) groups is 2. The largest absolute Gasteiger partial charge is 0.497 e. The van der Waals surface area contributed by atoms with E-state index in [9.17, 15) is 19.5 Å². The van der Waals surface area contributed by atoms with Gasteiger partial charge in [0.05, 0.1) is 25.4 Å². The number of nitrogens with zero attached hydrogens (tertiary/aromatic N) is 1. The molecule has 2 amide bonds. The monoisotopic (exact) mass is 594 g/mol. The van der Waals surface area contributed by atoms with E-state index in [4.69, 9.17) is 21.1 Å². The van der Waals surface area contributed by atoms with E-state index < -0.39 is 20.0 Å². The van der Waals surface area contributed by atoms with Crippen LogP contribution in [0.25, 0.3) is 0 Å². The molecular weight excluding hydrogens is 560 g/mol. The average Bonchev–Trinajstić information content (AvgIpc) is 3.36. The summed E-state index contributed by atoms with van der Waals surface area (Å²) in [5.41, 5.74) is 1.85. The van der Waals surface area contributed by atoms with Gasteiger partial charge in [0.2, 0.25) is 0 Å². The van der Waals surface area contributed by atoms with E-state index in [0.717, 1.165) is 5.56 Å². The SMILES string of the molecule is COc1ccc(C(=O)Nc2ccc(CN3C(=O)[C@@]4(O[C@@H](CCO)[C@H]([Si](C)(C)O)[C@H]4C)c4cc(Cl)ccc43)cc2)cc1. The summed E-state index contributed by atoms with van der Waals surface area (Å²) in [7, 11) is -1.20. The summed E-state index contributed by atoms with van der Waals surface area (Å²) in [5, 5.41) is 13.1. The van der Waals surface area contributed by atoms with E-state index in [0.29, 0.717) is 39.7 Å². The number of nitrogens with one attached hydrogen (secondary N) is 1. The highest BCUT2D eigenvalue weighted by Crippen LogP contribution is 2.60. The van der Waals surface area contributed by atoms with E-state index in [1.165, 1.54) is 0 Å². The van der Waals surface area contributed by atoms with Gasteiger partial charge in [-0.2, -0.15) is 0 Å². The fourth-order valence-corrected chi connectivity index (χ4v) is 9.20. The van der Waals surface area contributed by atoms with Crippen molar-refractivity contribution in [3.63, 3.8) is 0 Å². The Balaban J connectivity index is 1.40. The summed E-state index contributed by atoms with van der Waals surface area (Å²) < 4.78 is 11.7. The van der Waals surface area contributed by atoms with E-state index in [1.807, 2.05) is 38.2 Å². The van der Waals surface area contributed by atoms with E-state index in [1.54, 1.807) is 60.5 Å². The highest BCUT2D eigenvalue weighted by atomic mass is 35.5. The maximum Gasteiger partial charge on any atom is 0.264 e. The predicted molar refractivity (Wildman–Crippen MR) is 161 cm³/mol. The van der Waals surface area contributed by atoms with Gasteiger partial charge >= 0.3 is 0 Å². The molecule has 3 aromatic rings. The first-order valence-corrected chi connectivity index (χ1v) is 17.1. The third-order valence-electron chi connectivity index (χ3n) is 8.26. The molecule has 0 bridgehead atoms. The van der Waals surface area contributed by atoms with Gasteiger partial charge < -0.3 is 29.6 Å². The van der Waals surface area contributed by atoms with Gasteiger partial charge in [-0.1, -0.05) is 30.7 Å². The number of carbonyl (C=O) groups excluding carboxylic acids is 2. The van der Waals surface area contributed by atoms with Gasteiger partial charge in [-0.25, -0.2) is 0 Å². The Morgan fingerprint density at radius 1 is 1.12 bits per heavy atom. The van der Waals surface area contributed by atoms with Crippen molar-refractivity contribution in [1.82, 2.24) is 0 Å². The third kappa shape index (κ3) is 5.28. The lowest BCUT2D eigenvalue weighted by Crippen LogP contribution is -2.46. The number of aliphatic hydroxyl groups excluding tert-OH is 1. The van der Waals surface area contributed by atoms with Gasteiger partial charge in [0, 0.05) is 39.9 Å². The molecule has 216 valence electrons. The molecule has 0 saturated carbocycles. The molecule has 1 saturated heterocycles. The smallest absolute Gasteiger partial charge is 0.264 e. The lowest BCUT2D eigenvalue weighted by molar-refractivity contribution is -0.146. The lowest BCUT2D eigenvalue weighted by atomic mass is 9.82. The summed E-state index contributed by atoms with van der Waals surface area (Å²) in [6.07, 6.45) is -0.119. The van der Waals surface area contributed by atoms with Crippen LogP contribution in [0.5, 0.6) is 5.75 Å². The Morgan fingerprint density at radius 3 is 2.41 bits per heavy atom. The van der Waals surface area contributed by atoms with Crippen LogP contribution in [0.15, 0.2) is 66.7 Å². The topological polar surface area (TPSA) is 108 Å². The zero-order valence-electron chi connectivity index (χ0n) is 23.6. The van der Waals surface area contributed by atoms with Gasteiger partial charge in [0.25, 0.3) is 11.8 Å². The quantitative estimate of drug-likeness (QED) is 0.304. The van der Waals surface area contributed by atoms with Gasteiger partial charge in [0.1, 0.15) is 5.75 Å². The van der Waals surface area contributed by atoms with Crippen molar-refractivity contribution < 1.29 is 29.0 Å². The third-order valence-corrected chi connectivity index (χ3v) is 11.0. The van der Waals surface area contributed by atoms with Crippen LogP contribution in [0.2, 0.25) is 23.7 Å². The molecule has 41 heavy (non-hydrogen) atoms. The Kier molecular flexibility index (Phi) is 8.02. The molecule has 2 heterocycles. The maximum absolute atomic E-state index is 14.3. The average molecular weight is 595 g/mol. The van der Waals surface area contributed by atoms with Gasteiger partial charge in [-0.05, 0) is 79.7 Å². The molecule has 0 unspecified atom stereocenters. The Labute approximate surface area is 246 Å². The Hall–Kier alpha value is -3.21. The number of methoxy groups -OCH3 is 1. The minimum absolute atomic E-state index is 0.101. The van der Waals surface area contributed by atoms with Crippen LogP contribution in [0, 0.1) is 5.92 Å². The summed E-state index contributed by atoms with van der Waals surface area (Å²) in [6.45, 7) is 5.85. The highest BCUT2D eigenvalue weighted by molar-refractivity contribution is 6.71. The summed E-state index contributed by atoms with van der Waals surface area (Å²) in [5.74, 6) is -0.0941. The molecule has 2 aliphatic rings. The molecule has 3 N–H and O–H groups in total. The molecule has 5 rings (SSSR count). The minimum Gasteiger partial charge on any atom is -0.497 e. The lowest BCUT2D eigenvalue weighted by Gasteiger charge is -2.32. The number of hydrogen-bond acceptors (Lipinski definition) is 6. The number of halogens is 1. The second kappa shape index (κ2) is 11.2. The van der Waals surface area contributed by atoms with Crippen molar-refractivity contribution in [2.45, 2.75) is 50.2 Å². The van der Waals surface area contributed by atoms with E-state index in [2.05, 4.69) is 5.32 Å². The number of fused-ring (bicyclic) bond motifs is 2. The van der Waals surface area contributed by atoms with Gasteiger partial charge in [0.15, 0.2) is 13.9 Å². The normalized spacial score (nSPS) is 23.6. The molecule has 4 atom stereocenters. The Bertz CT molecular complexity index is 1440. The van der Waals surface area contributed by atoms with Gasteiger partial charge in [-0.15, -0.1) is 0 Å². The van der Waals surface area contributed by atoms with E-state index in [-0.39, 0.29) is 36.4 Å². The molecule has 1 fully saturated rings. The molecule has 1 spiro atoms. The van der Waals surface area contributed by atoms with Crippen LogP contribution in [-0.2, 0) is 21.7 Å². The van der Waals surface area contributed by atoms with Crippen molar-refractivity contribution in [2.75, 3.05) is 23.9 Å². The summed E-state index contributed by atoms with van der Waals surface area (Å²) >= 11 is 6.42. The first kappa shape index (κ1) is 29.3. The van der Waals surface area contributed by atoms with E-state index >= 15 is 0 Å². The van der Waals surface area contributed by atoms with Crippen LogP contribution < -0.4 is 15.0 Å². The number of aliphatic hydroxyl groups is 1. The fourth-order valence-electron chi connectivity index (χ4n) is 6.43. The standard InChI is InChI=1S/C31H35ClN2O6Si/c1-19-28(41(3,4)38)27(15-16-35)40-31(19)25-17-22(32)9-14-26(25)34(30(31)37)18-20-5-10-23(11-6-20)33-29(36)21-7-12-24(39-2)13-8-21/h5-14,17,19,27-28,35,38H,15-16,18H2,1-4H3,(H,33,36)/t19-,27+,28-,31+/m1/s1. The van der Waals surface area contributed by atoms with Crippen molar-refractivity contribution in [1.29, 1.82) is 0 Å². The zero-order valence-corrected chi connectivity index (χ0v) is 25.3. The number of ether oxygens (including phenoxy) is 2. The van der Waals surface area contributed by atoms with Crippen LogP contribution in [0.3, 0.4) is 0 Å². The highest BCUT2D eigenvalue weighted by Gasteiger charge is 2.66. The number of rotatable bonds is 8. The molecule has 10 heteroatoms. The molecule has 8 nitrogen and oxygen atoms in total. The first-order chi connectivity index (χ1) is 19.5. The van der Waals surface area contributed by atoms with Crippen molar-refractivity contribution in [3.8, 4) is 5.75 Å². The van der Waals surface area contributed by atoms with Crippen LogP contribution in [0.1, 0.15) is 34.8 Å². The van der Waals surface area contributed by atoms with Crippen molar-refractivity contribution >= 4 is 43.1 Å².